The molecule has 2 unspecified atom stereocenters. The van der Waals surface area contributed by atoms with Crippen molar-refractivity contribution in [2.24, 2.45) is 5.92 Å². The quantitative estimate of drug-likeness (QED) is 0.719. The number of aliphatic hydroxyl groups excluding tert-OH is 1. The van der Waals surface area contributed by atoms with Crippen LogP contribution >= 0.6 is 0 Å². The normalized spacial score (nSPS) is 14.6. The molecule has 0 saturated heterocycles. The van der Waals surface area contributed by atoms with Crippen LogP contribution in [0.25, 0.3) is 0 Å². The molecule has 0 fully saturated rings. The molecular formula is C17H29NO2. The topological polar surface area (TPSA) is 41.5 Å². The van der Waals surface area contributed by atoms with E-state index in [9.17, 15) is 5.11 Å². The van der Waals surface area contributed by atoms with Gasteiger partial charge in [0.2, 0.25) is 0 Å². The van der Waals surface area contributed by atoms with Gasteiger partial charge in [-0.15, -0.1) is 0 Å². The number of nitrogens with one attached hydrogen (secondary N) is 1. The van der Waals surface area contributed by atoms with Gasteiger partial charge >= 0.3 is 0 Å². The van der Waals surface area contributed by atoms with Crippen molar-refractivity contribution < 1.29 is 9.84 Å². The molecule has 2 atom stereocenters. The van der Waals surface area contributed by atoms with E-state index in [1.165, 1.54) is 5.56 Å². The summed E-state index contributed by atoms with van der Waals surface area (Å²) in [4.78, 5) is 0. The second-order valence-corrected chi connectivity index (χ2v) is 5.88. The number of methoxy groups -OCH3 is 1. The van der Waals surface area contributed by atoms with Crippen LogP contribution in [0.4, 0.5) is 0 Å². The van der Waals surface area contributed by atoms with Gasteiger partial charge in [-0.2, -0.15) is 0 Å². The summed E-state index contributed by atoms with van der Waals surface area (Å²) in [5.74, 6) is 0.369. The maximum absolute atomic E-state index is 10.7. The Morgan fingerprint density at radius 2 is 1.95 bits per heavy atom. The molecule has 0 saturated carbocycles. The van der Waals surface area contributed by atoms with E-state index < -0.39 is 6.10 Å². The van der Waals surface area contributed by atoms with Gasteiger partial charge in [0.05, 0.1) is 6.10 Å². The number of rotatable bonds is 8. The fraction of sp³-hybridized carbons (Fsp3) is 0.647. The highest BCUT2D eigenvalue weighted by Crippen LogP contribution is 2.25. The number of ether oxygens (including phenoxy) is 1. The third-order valence-electron chi connectivity index (χ3n) is 3.71. The summed E-state index contributed by atoms with van der Waals surface area (Å²) in [7, 11) is 1.71. The predicted molar refractivity (Wildman–Crippen MR) is 84.0 cm³/mol. The first-order chi connectivity index (χ1) is 9.47. The van der Waals surface area contributed by atoms with Crippen molar-refractivity contribution in [2.75, 3.05) is 20.3 Å². The van der Waals surface area contributed by atoms with Gasteiger partial charge in [-0.25, -0.2) is 0 Å². The molecule has 114 valence electrons. The summed E-state index contributed by atoms with van der Waals surface area (Å²) in [5.41, 5.74) is 3.41. The predicted octanol–water partition coefficient (Wildman–Crippen LogP) is 2.99. The molecular weight excluding hydrogens is 250 g/mol. The van der Waals surface area contributed by atoms with Gasteiger partial charge in [0.15, 0.2) is 0 Å². The Bertz CT molecular complexity index is 404. The Kier molecular flexibility index (Phi) is 7.20. The van der Waals surface area contributed by atoms with Crippen LogP contribution < -0.4 is 5.32 Å². The highest BCUT2D eigenvalue weighted by Gasteiger charge is 2.24. The molecule has 0 aliphatic heterocycles. The SMILES string of the molecule is COCCCNC(C(C)C)C(O)c1ccc(C)cc1C. The first-order valence-corrected chi connectivity index (χ1v) is 7.45. The summed E-state index contributed by atoms with van der Waals surface area (Å²) in [6.07, 6.45) is 0.484. The molecule has 0 aliphatic rings. The van der Waals surface area contributed by atoms with Gasteiger partial charge in [0, 0.05) is 19.8 Å². The molecule has 0 radical (unpaired) electrons. The number of aliphatic hydroxyl groups is 1. The Balaban J connectivity index is 2.74. The molecule has 3 nitrogen and oxygen atoms in total. The van der Waals surface area contributed by atoms with Crippen LogP contribution in [-0.2, 0) is 4.74 Å². The molecule has 0 spiro atoms. The minimum atomic E-state index is -0.474. The maximum atomic E-state index is 10.7. The summed E-state index contributed by atoms with van der Waals surface area (Å²) in [6.45, 7) is 10.0. The lowest BCUT2D eigenvalue weighted by molar-refractivity contribution is 0.102. The van der Waals surface area contributed by atoms with Crippen LogP contribution in [0, 0.1) is 19.8 Å². The van der Waals surface area contributed by atoms with Crippen LogP contribution in [-0.4, -0.2) is 31.4 Å². The summed E-state index contributed by atoms with van der Waals surface area (Å²) < 4.78 is 5.06. The number of hydrogen-bond donors (Lipinski definition) is 2. The minimum absolute atomic E-state index is 0.0632. The third-order valence-corrected chi connectivity index (χ3v) is 3.71. The molecule has 1 aromatic rings. The van der Waals surface area contributed by atoms with Crippen molar-refractivity contribution in [1.29, 1.82) is 0 Å². The fourth-order valence-electron chi connectivity index (χ4n) is 2.55. The van der Waals surface area contributed by atoms with Crippen molar-refractivity contribution in [3.63, 3.8) is 0 Å². The molecule has 1 aromatic carbocycles. The fourth-order valence-corrected chi connectivity index (χ4v) is 2.55. The average molecular weight is 279 g/mol. The Labute approximate surface area is 123 Å². The first-order valence-electron chi connectivity index (χ1n) is 7.45. The second-order valence-electron chi connectivity index (χ2n) is 5.88. The van der Waals surface area contributed by atoms with Crippen LogP contribution in [0.15, 0.2) is 18.2 Å². The van der Waals surface area contributed by atoms with Crippen molar-refractivity contribution >= 4 is 0 Å². The van der Waals surface area contributed by atoms with E-state index in [1.807, 2.05) is 6.07 Å². The van der Waals surface area contributed by atoms with E-state index in [1.54, 1.807) is 7.11 Å². The Hall–Kier alpha value is -0.900. The number of hydrogen-bond acceptors (Lipinski definition) is 3. The molecule has 0 aliphatic carbocycles. The zero-order chi connectivity index (χ0) is 15.1. The van der Waals surface area contributed by atoms with Gasteiger partial charge in [0.1, 0.15) is 0 Å². The van der Waals surface area contributed by atoms with Gasteiger partial charge in [-0.05, 0) is 43.9 Å². The molecule has 3 heteroatoms. The van der Waals surface area contributed by atoms with Gasteiger partial charge < -0.3 is 15.2 Å². The molecule has 0 aromatic heterocycles. The smallest absolute Gasteiger partial charge is 0.0948 e. The largest absolute Gasteiger partial charge is 0.387 e. The van der Waals surface area contributed by atoms with E-state index in [-0.39, 0.29) is 6.04 Å². The van der Waals surface area contributed by atoms with E-state index in [0.717, 1.165) is 30.7 Å². The molecule has 0 bridgehead atoms. The van der Waals surface area contributed by atoms with Crippen LogP contribution in [0.2, 0.25) is 0 Å². The summed E-state index contributed by atoms with van der Waals surface area (Å²) in [6, 6.07) is 6.30. The molecule has 0 heterocycles. The number of aryl methyl sites for hydroxylation is 2. The van der Waals surface area contributed by atoms with Crippen LogP contribution in [0.5, 0.6) is 0 Å². The standard InChI is InChI=1S/C17H29NO2/c1-12(2)16(18-9-6-10-20-5)17(19)15-8-7-13(3)11-14(15)4/h7-8,11-12,16-19H,6,9-10H2,1-5H3. The third kappa shape index (κ3) is 4.89. The Morgan fingerprint density at radius 1 is 1.25 bits per heavy atom. The monoisotopic (exact) mass is 279 g/mol. The van der Waals surface area contributed by atoms with Gasteiger partial charge in [-0.1, -0.05) is 37.6 Å². The van der Waals surface area contributed by atoms with E-state index in [0.29, 0.717) is 5.92 Å². The lowest BCUT2D eigenvalue weighted by Gasteiger charge is -2.29. The molecule has 0 amide bonds. The lowest BCUT2D eigenvalue weighted by Crippen LogP contribution is -2.40. The zero-order valence-electron chi connectivity index (χ0n) is 13.4. The van der Waals surface area contributed by atoms with E-state index in [2.05, 4.69) is 45.1 Å². The van der Waals surface area contributed by atoms with E-state index >= 15 is 0 Å². The van der Waals surface area contributed by atoms with Crippen molar-refractivity contribution in [2.45, 2.75) is 46.3 Å². The average Bonchev–Trinajstić information content (AvgIpc) is 2.37. The molecule has 2 N–H and O–H groups in total. The van der Waals surface area contributed by atoms with Gasteiger partial charge in [-0.3, -0.25) is 0 Å². The lowest BCUT2D eigenvalue weighted by atomic mass is 9.90. The van der Waals surface area contributed by atoms with Crippen molar-refractivity contribution in [3.8, 4) is 0 Å². The van der Waals surface area contributed by atoms with Gasteiger partial charge in [0.25, 0.3) is 0 Å². The van der Waals surface area contributed by atoms with Crippen LogP contribution in [0.3, 0.4) is 0 Å². The maximum Gasteiger partial charge on any atom is 0.0948 e. The van der Waals surface area contributed by atoms with E-state index in [4.69, 9.17) is 4.74 Å². The van der Waals surface area contributed by atoms with Crippen molar-refractivity contribution in [3.05, 3.63) is 34.9 Å². The van der Waals surface area contributed by atoms with Crippen molar-refractivity contribution in [1.82, 2.24) is 5.32 Å². The minimum Gasteiger partial charge on any atom is -0.387 e. The second kappa shape index (κ2) is 8.40. The molecule has 20 heavy (non-hydrogen) atoms. The highest BCUT2D eigenvalue weighted by atomic mass is 16.5. The first kappa shape index (κ1) is 17.2. The Morgan fingerprint density at radius 3 is 2.50 bits per heavy atom. The zero-order valence-corrected chi connectivity index (χ0v) is 13.4. The molecule has 1 rings (SSSR count). The van der Waals surface area contributed by atoms with Crippen LogP contribution in [0.1, 0.15) is 43.1 Å². The summed E-state index contributed by atoms with van der Waals surface area (Å²) in [5, 5.41) is 14.1. The summed E-state index contributed by atoms with van der Waals surface area (Å²) >= 11 is 0. The number of benzene rings is 1. The highest BCUT2D eigenvalue weighted by molar-refractivity contribution is 5.32.